The zero-order chi connectivity index (χ0) is 21.7. The van der Waals surface area contributed by atoms with E-state index in [2.05, 4.69) is 20.5 Å². The maximum absolute atomic E-state index is 14.1. The van der Waals surface area contributed by atoms with Crippen LogP contribution in [0.1, 0.15) is 27.9 Å². The third kappa shape index (κ3) is 3.75. The zero-order valence-electron chi connectivity index (χ0n) is 16.3. The van der Waals surface area contributed by atoms with Crippen molar-refractivity contribution >= 4 is 34.4 Å². The molecule has 2 N–H and O–H groups in total. The molecule has 0 aliphatic heterocycles. The summed E-state index contributed by atoms with van der Waals surface area (Å²) in [6, 6.07) is 7.90. The van der Waals surface area contributed by atoms with Crippen molar-refractivity contribution in [1.29, 1.82) is 0 Å². The Bertz CT molecular complexity index is 1150. The van der Waals surface area contributed by atoms with Gasteiger partial charge in [-0.3, -0.25) is 4.57 Å². The SMILES string of the molecule is COc1cc(C)c2c(c1)c(C)c(C)n2Cc1ccc(C(F)(F)P(=O)(O)O)c(Br)c1. The maximum atomic E-state index is 14.1. The first kappa shape index (κ1) is 22.0. The van der Waals surface area contributed by atoms with Crippen molar-refractivity contribution in [2.75, 3.05) is 7.11 Å². The Labute approximate surface area is 175 Å². The topological polar surface area (TPSA) is 71.7 Å². The number of benzene rings is 2. The van der Waals surface area contributed by atoms with Gasteiger partial charge in [0.2, 0.25) is 0 Å². The second-order valence-corrected chi connectivity index (χ2v) is 9.54. The van der Waals surface area contributed by atoms with Gasteiger partial charge in [0.25, 0.3) is 0 Å². The lowest BCUT2D eigenvalue weighted by Gasteiger charge is -2.20. The number of hydrogen-bond donors (Lipinski definition) is 2. The predicted molar refractivity (Wildman–Crippen MR) is 112 cm³/mol. The van der Waals surface area contributed by atoms with Crippen LogP contribution in [0.5, 0.6) is 5.75 Å². The van der Waals surface area contributed by atoms with E-state index in [9.17, 15) is 13.3 Å². The first-order valence-corrected chi connectivity index (χ1v) is 11.2. The molecule has 0 spiro atoms. The van der Waals surface area contributed by atoms with E-state index in [1.165, 1.54) is 12.1 Å². The standard InChI is InChI=1S/C20H21BrF2NO4P/c1-11-7-15(28-4)9-16-12(2)13(3)24(19(11)16)10-14-5-6-17(18(21)8-14)20(22,23)29(25,26)27/h5-9H,10H2,1-4H3,(H2,25,26,27). The van der Waals surface area contributed by atoms with E-state index in [0.717, 1.165) is 45.1 Å². The fraction of sp³-hybridized carbons (Fsp3) is 0.300. The van der Waals surface area contributed by atoms with Crippen LogP contribution in [0, 0.1) is 20.8 Å². The molecule has 2 aromatic carbocycles. The van der Waals surface area contributed by atoms with Crippen molar-refractivity contribution in [3.8, 4) is 5.75 Å². The average molecular weight is 488 g/mol. The number of nitrogens with zero attached hydrogens (tertiary/aromatic N) is 1. The Hall–Kier alpha value is -1.73. The van der Waals surface area contributed by atoms with E-state index >= 15 is 0 Å². The van der Waals surface area contributed by atoms with Gasteiger partial charge >= 0.3 is 13.3 Å². The summed E-state index contributed by atoms with van der Waals surface area (Å²) in [6.07, 6.45) is 0. The highest BCUT2D eigenvalue weighted by Gasteiger charge is 2.51. The fourth-order valence-electron chi connectivity index (χ4n) is 3.51. The van der Waals surface area contributed by atoms with Gasteiger partial charge in [-0.15, -0.1) is 0 Å². The fourth-order valence-corrected chi connectivity index (χ4v) is 4.85. The van der Waals surface area contributed by atoms with Crippen LogP contribution in [-0.2, 0) is 16.8 Å². The molecule has 0 radical (unpaired) electrons. The summed E-state index contributed by atoms with van der Waals surface area (Å²) in [7, 11) is -4.01. The summed E-state index contributed by atoms with van der Waals surface area (Å²) in [6.45, 7) is 6.42. The third-order valence-corrected chi connectivity index (χ3v) is 6.82. The van der Waals surface area contributed by atoms with Crippen LogP contribution in [0.3, 0.4) is 0 Å². The van der Waals surface area contributed by atoms with Gasteiger partial charge in [-0.25, -0.2) is 0 Å². The van der Waals surface area contributed by atoms with Gasteiger partial charge in [0, 0.05) is 27.7 Å². The van der Waals surface area contributed by atoms with Gasteiger partial charge in [0.05, 0.1) is 12.6 Å². The minimum absolute atomic E-state index is 0.0486. The maximum Gasteiger partial charge on any atom is 0.399 e. The molecule has 29 heavy (non-hydrogen) atoms. The number of alkyl halides is 2. The molecule has 0 aliphatic rings. The number of aryl methyl sites for hydroxylation is 2. The highest BCUT2D eigenvalue weighted by Crippen LogP contribution is 2.60. The highest BCUT2D eigenvalue weighted by atomic mass is 79.9. The second kappa shape index (κ2) is 7.51. The monoisotopic (exact) mass is 487 g/mol. The average Bonchev–Trinajstić information content (AvgIpc) is 2.86. The normalized spacial score (nSPS) is 12.6. The van der Waals surface area contributed by atoms with Crippen molar-refractivity contribution in [3.05, 3.63) is 62.8 Å². The molecular formula is C20H21BrF2NO4P. The van der Waals surface area contributed by atoms with Crippen molar-refractivity contribution in [3.63, 3.8) is 0 Å². The Morgan fingerprint density at radius 1 is 1.17 bits per heavy atom. The van der Waals surface area contributed by atoms with Crippen LogP contribution in [0.4, 0.5) is 8.78 Å². The molecule has 1 aromatic heterocycles. The Kier molecular flexibility index (Phi) is 5.69. The summed E-state index contributed by atoms with van der Waals surface area (Å²) >= 11 is 3.05. The van der Waals surface area contributed by atoms with Crippen LogP contribution in [0.15, 0.2) is 34.8 Å². The largest absolute Gasteiger partial charge is 0.497 e. The zero-order valence-corrected chi connectivity index (χ0v) is 18.8. The lowest BCUT2D eigenvalue weighted by molar-refractivity contribution is 0.0557. The molecule has 1 heterocycles. The Morgan fingerprint density at radius 3 is 2.38 bits per heavy atom. The molecule has 3 aromatic rings. The number of ether oxygens (including phenoxy) is 1. The van der Waals surface area contributed by atoms with Crippen LogP contribution in [0.25, 0.3) is 10.9 Å². The number of halogens is 3. The molecule has 0 saturated carbocycles. The number of methoxy groups -OCH3 is 1. The van der Waals surface area contributed by atoms with E-state index in [1.54, 1.807) is 7.11 Å². The Balaban J connectivity index is 2.08. The summed E-state index contributed by atoms with van der Waals surface area (Å²) < 4.78 is 46.7. The van der Waals surface area contributed by atoms with Gasteiger partial charge < -0.3 is 19.1 Å². The van der Waals surface area contributed by atoms with E-state index in [-0.39, 0.29) is 4.47 Å². The lowest BCUT2D eigenvalue weighted by atomic mass is 10.1. The minimum Gasteiger partial charge on any atom is -0.497 e. The van der Waals surface area contributed by atoms with E-state index in [4.69, 9.17) is 14.5 Å². The molecule has 0 aliphatic carbocycles. The molecule has 0 amide bonds. The van der Waals surface area contributed by atoms with Gasteiger partial charge in [0.15, 0.2) is 0 Å². The van der Waals surface area contributed by atoms with E-state index in [0.29, 0.717) is 6.54 Å². The number of hydrogen-bond acceptors (Lipinski definition) is 2. The molecule has 3 rings (SSSR count). The van der Waals surface area contributed by atoms with Gasteiger partial charge in [0.1, 0.15) is 5.75 Å². The number of aromatic nitrogens is 1. The molecule has 156 valence electrons. The molecule has 0 unspecified atom stereocenters. The van der Waals surface area contributed by atoms with Crippen molar-refractivity contribution in [1.82, 2.24) is 4.57 Å². The highest BCUT2D eigenvalue weighted by molar-refractivity contribution is 9.10. The van der Waals surface area contributed by atoms with Gasteiger partial charge in [-0.2, -0.15) is 8.78 Å². The first-order chi connectivity index (χ1) is 13.4. The smallest absolute Gasteiger partial charge is 0.399 e. The van der Waals surface area contributed by atoms with E-state index in [1.807, 2.05) is 32.9 Å². The number of fused-ring (bicyclic) bond motifs is 1. The molecule has 9 heteroatoms. The molecular weight excluding hydrogens is 467 g/mol. The second-order valence-electron chi connectivity index (χ2n) is 7.04. The minimum atomic E-state index is -5.63. The van der Waals surface area contributed by atoms with Crippen molar-refractivity contribution in [2.24, 2.45) is 0 Å². The molecule has 5 nitrogen and oxygen atoms in total. The predicted octanol–water partition coefficient (Wildman–Crippen LogP) is 5.61. The summed E-state index contributed by atoms with van der Waals surface area (Å²) in [4.78, 5) is 18.0. The Morgan fingerprint density at radius 2 is 1.83 bits per heavy atom. The van der Waals surface area contributed by atoms with Crippen LogP contribution in [0.2, 0.25) is 0 Å². The summed E-state index contributed by atoms with van der Waals surface area (Å²) in [5.41, 5.74) is -0.0776. The van der Waals surface area contributed by atoms with Crippen LogP contribution in [-0.4, -0.2) is 21.5 Å². The molecule has 0 atom stereocenters. The molecule has 0 fully saturated rings. The summed E-state index contributed by atoms with van der Waals surface area (Å²) in [5, 5.41) is 1.06. The van der Waals surface area contributed by atoms with Crippen molar-refractivity contribution < 1.29 is 27.9 Å². The van der Waals surface area contributed by atoms with E-state index < -0.39 is 18.8 Å². The lowest BCUT2D eigenvalue weighted by Crippen LogP contribution is -2.15. The first-order valence-electron chi connectivity index (χ1n) is 8.75. The van der Waals surface area contributed by atoms with Crippen molar-refractivity contribution in [2.45, 2.75) is 33.0 Å². The van der Waals surface area contributed by atoms with Crippen LogP contribution >= 0.6 is 23.5 Å². The quantitative estimate of drug-likeness (QED) is 0.458. The summed E-state index contributed by atoms with van der Waals surface area (Å²) in [5.74, 6) is 0.766. The van der Waals surface area contributed by atoms with Gasteiger partial charge in [-0.05, 0) is 55.7 Å². The molecule has 0 saturated heterocycles. The molecule has 0 bridgehead atoms. The van der Waals surface area contributed by atoms with Crippen LogP contribution < -0.4 is 4.74 Å². The third-order valence-electron chi connectivity index (χ3n) is 5.20. The number of rotatable bonds is 5. The van der Waals surface area contributed by atoms with Gasteiger partial charge in [-0.1, -0.05) is 28.1 Å².